The van der Waals surface area contributed by atoms with Gasteiger partial charge in [-0.15, -0.1) is 0 Å². The number of nitro groups is 1. The smallest absolute Gasteiger partial charge is 0.474 e. The normalized spacial score (nSPS) is 28.6. The van der Waals surface area contributed by atoms with E-state index in [1.807, 2.05) is 0 Å². The number of nitrogens with zero attached hydrogens (tertiary/aromatic N) is 1. The molecule has 1 aliphatic heterocycles. The highest BCUT2D eigenvalue weighted by atomic mass is 31.2. The Bertz CT molecular complexity index is 803. The Morgan fingerprint density at radius 1 is 1.13 bits per heavy atom. The zero-order valence-electron chi connectivity index (χ0n) is 15.9. The van der Waals surface area contributed by atoms with Crippen LogP contribution in [0.4, 0.5) is 5.69 Å². The summed E-state index contributed by atoms with van der Waals surface area (Å²) in [4.78, 5) is 20.4. The summed E-state index contributed by atoms with van der Waals surface area (Å²) in [5.41, 5.74) is -0.634. The molecule has 1 aromatic rings. The first-order valence-corrected chi connectivity index (χ1v) is 9.89. The van der Waals surface area contributed by atoms with Crippen molar-refractivity contribution in [2.24, 2.45) is 0 Å². The van der Waals surface area contributed by atoms with Crippen molar-refractivity contribution >= 4 is 13.5 Å². The first kappa shape index (κ1) is 24.4. The number of methoxy groups -OCH3 is 2. The van der Waals surface area contributed by atoms with Crippen molar-refractivity contribution in [3.8, 4) is 11.5 Å². The summed E-state index contributed by atoms with van der Waals surface area (Å²) in [6.07, 6.45) is -8.79. The molecule has 1 saturated heterocycles. The van der Waals surface area contributed by atoms with Crippen LogP contribution in [0.1, 0.15) is 5.56 Å². The van der Waals surface area contributed by atoms with Gasteiger partial charge in [-0.25, -0.2) is 4.57 Å². The number of ether oxygens (including phenoxy) is 3. The Labute approximate surface area is 169 Å². The maximum absolute atomic E-state index is 12.2. The van der Waals surface area contributed by atoms with Gasteiger partial charge in [-0.1, -0.05) is 0 Å². The number of aliphatic hydroxyl groups is 4. The lowest BCUT2D eigenvalue weighted by molar-refractivity contribution is -0.385. The second-order valence-corrected chi connectivity index (χ2v) is 7.54. The summed E-state index contributed by atoms with van der Waals surface area (Å²) in [5, 5.41) is 49.7. The first-order valence-electron chi connectivity index (χ1n) is 8.40. The molecule has 0 aromatic heterocycles. The lowest BCUT2D eigenvalue weighted by atomic mass is 10.00. The molecule has 15 heteroatoms. The number of aliphatic hydroxyl groups excluding tert-OH is 4. The summed E-state index contributed by atoms with van der Waals surface area (Å²) in [6, 6.07) is 2.21. The fourth-order valence-corrected chi connectivity index (χ4v) is 3.46. The fourth-order valence-electron chi connectivity index (χ4n) is 2.66. The van der Waals surface area contributed by atoms with E-state index in [9.17, 15) is 34.9 Å². The summed E-state index contributed by atoms with van der Waals surface area (Å²) < 4.78 is 36.6. The van der Waals surface area contributed by atoms with Crippen LogP contribution in [0.5, 0.6) is 11.5 Å². The van der Waals surface area contributed by atoms with E-state index in [0.29, 0.717) is 0 Å². The quantitative estimate of drug-likeness (QED) is 0.173. The molecule has 0 saturated carbocycles. The van der Waals surface area contributed by atoms with Crippen LogP contribution in [0.15, 0.2) is 12.1 Å². The van der Waals surface area contributed by atoms with E-state index in [1.165, 1.54) is 20.3 Å². The molecule has 0 spiro atoms. The number of phosphoric ester groups is 1. The number of phosphoric acid groups is 1. The van der Waals surface area contributed by atoms with Gasteiger partial charge in [0.2, 0.25) is 0 Å². The molecule has 0 radical (unpaired) electrons. The second-order valence-electron chi connectivity index (χ2n) is 6.14. The molecule has 0 bridgehead atoms. The third kappa shape index (κ3) is 5.43. The average Bonchev–Trinajstić information content (AvgIpc) is 2.71. The molecule has 2 rings (SSSR count). The van der Waals surface area contributed by atoms with Crippen molar-refractivity contribution in [1.29, 1.82) is 0 Å². The highest BCUT2D eigenvalue weighted by Gasteiger charge is 2.46. The van der Waals surface area contributed by atoms with Crippen molar-refractivity contribution in [1.82, 2.24) is 0 Å². The zero-order chi connectivity index (χ0) is 22.6. The Morgan fingerprint density at radius 2 is 1.73 bits per heavy atom. The van der Waals surface area contributed by atoms with Gasteiger partial charge < -0.3 is 39.5 Å². The van der Waals surface area contributed by atoms with E-state index in [1.54, 1.807) is 0 Å². The Hall–Kier alpha value is -1.87. The van der Waals surface area contributed by atoms with E-state index in [0.717, 1.165) is 6.07 Å². The number of rotatable bonds is 9. The molecule has 0 aliphatic carbocycles. The molecule has 1 aliphatic rings. The lowest BCUT2D eigenvalue weighted by Gasteiger charge is -2.39. The van der Waals surface area contributed by atoms with Crippen LogP contribution in [0.2, 0.25) is 0 Å². The van der Waals surface area contributed by atoms with Gasteiger partial charge in [0.05, 0.1) is 44.0 Å². The number of nitro benzene ring substituents is 1. The van der Waals surface area contributed by atoms with Gasteiger partial charge in [0.25, 0.3) is 5.69 Å². The van der Waals surface area contributed by atoms with Crippen molar-refractivity contribution < 1.29 is 58.1 Å². The van der Waals surface area contributed by atoms with Gasteiger partial charge in [0.1, 0.15) is 24.4 Å². The summed E-state index contributed by atoms with van der Waals surface area (Å²) in [7, 11) is -2.44. The van der Waals surface area contributed by atoms with E-state index in [-0.39, 0.29) is 17.1 Å². The number of hydrogen-bond donors (Lipinski definition) is 5. The van der Waals surface area contributed by atoms with Crippen LogP contribution in [-0.4, -0.2) is 81.8 Å². The van der Waals surface area contributed by atoms with E-state index < -0.39 is 62.4 Å². The van der Waals surface area contributed by atoms with Crippen molar-refractivity contribution in [3.63, 3.8) is 0 Å². The predicted molar refractivity (Wildman–Crippen MR) is 95.7 cm³/mol. The minimum absolute atomic E-state index is 0.0534. The third-order valence-electron chi connectivity index (χ3n) is 4.25. The number of hydrogen-bond acceptors (Lipinski definition) is 12. The van der Waals surface area contributed by atoms with Crippen LogP contribution < -0.4 is 9.47 Å². The van der Waals surface area contributed by atoms with Crippen LogP contribution >= 0.6 is 7.82 Å². The molecule has 5 N–H and O–H groups in total. The topological polar surface area (TPSA) is 208 Å². The van der Waals surface area contributed by atoms with E-state index in [2.05, 4.69) is 4.52 Å². The molecule has 6 atom stereocenters. The predicted octanol–water partition coefficient (Wildman–Crippen LogP) is -0.955. The highest BCUT2D eigenvalue weighted by molar-refractivity contribution is 7.47. The minimum Gasteiger partial charge on any atom is -0.493 e. The molecule has 170 valence electrons. The molecule has 1 heterocycles. The number of benzene rings is 1. The average molecular weight is 455 g/mol. The van der Waals surface area contributed by atoms with Crippen molar-refractivity contribution in [2.45, 2.75) is 37.3 Å². The Morgan fingerprint density at radius 3 is 2.27 bits per heavy atom. The standard InChI is InChI=1S/C15H22NO13P/c1-25-9-3-7(8(16(21)22)4-10(9)26-2)6-27-30(23,24)29-15-14(20)13(19)12(18)11(5-17)28-15/h3-4,11-15,17-20H,5-6H2,1-2H3,(H,23,24)/t11-,12-,13+,14-,15-/m1/s1. The van der Waals surface area contributed by atoms with Crippen LogP contribution in [0, 0.1) is 10.1 Å². The largest absolute Gasteiger partial charge is 0.493 e. The van der Waals surface area contributed by atoms with Crippen molar-refractivity contribution in [2.75, 3.05) is 20.8 Å². The molecule has 14 nitrogen and oxygen atoms in total. The van der Waals surface area contributed by atoms with Gasteiger partial charge in [0.15, 0.2) is 17.8 Å². The minimum atomic E-state index is -4.99. The first-order chi connectivity index (χ1) is 14.0. The van der Waals surface area contributed by atoms with Gasteiger partial charge in [-0.05, 0) is 6.07 Å². The van der Waals surface area contributed by atoms with Crippen LogP contribution in [0.3, 0.4) is 0 Å². The molecular formula is C15H22NO13P. The second kappa shape index (κ2) is 9.96. The Kier molecular flexibility index (Phi) is 8.10. The van der Waals surface area contributed by atoms with Gasteiger partial charge in [-0.3, -0.25) is 19.2 Å². The molecule has 1 unspecified atom stereocenters. The summed E-state index contributed by atoms with van der Waals surface area (Å²) >= 11 is 0. The fraction of sp³-hybridized carbons (Fsp3) is 0.600. The molecule has 30 heavy (non-hydrogen) atoms. The maximum atomic E-state index is 12.2. The van der Waals surface area contributed by atoms with Gasteiger partial charge >= 0.3 is 7.82 Å². The molecular weight excluding hydrogens is 433 g/mol. The molecule has 1 fully saturated rings. The monoisotopic (exact) mass is 455 g/mol. The van der Waals surface area contributed by atoms with E-state index >= 15 is 0 Å². The van der Waals surface area contributed by atoms with Crippen LogP contribution in [-0.2, 0) is 25.0 Å². The molecule has 1 aromatic carbocycles. The summed E-state index contributed by atoms with van der Waals surface area (Å²) in [5.74, 6) is 0.155. The Balaban J connectivity index is 2.16. The third-order valence-corrected chi connectivity index (χ3v) is 5.18. The lowest BCUT2D eigenvalue weighted by Crippen LogP contribution is -2.58. The van der Waals surface area contributed by atoms with Crippen LogP contribution in [0.25, 0.3) is 0 Å². The maximum Gasteiger partial charge on any atom is 0.474 e. The van der Waals surface area contributed by atoms with Gasteiger partial charge in [0, 0.05) is 0 Å². The van der Waals surface area contributed by atoms with Crippen molar-refractivity contribution in [3.05, 3.63) is 27.8 Å². The summed E-state index contributed by atoms with van der Waals surface area (Å²) in [6.45, 7) is -1.55. The zero-order valence-corrected chi connectivity index (χ0v) is 16.7. The van der Waals surface area contributed by atoms with Gasteiger partial charge in [-0.2, -0.15) is 0 Å². The van der Waals surface area contributed by atoms with E-state index in [4.69, 9.17) is 23.8 Å². The SMILES string of the molecule is COc1cc(COP(=O)(O)O[C@H]2O[C@H](CO)[C@@H](O)[C@H](O)[C@H]2O)c([N+](=O)[O-])cc1OC. The molecule has 0 amide bonds. The highest BCUT2D eigenvalue weighted by Crippen LogP contribution is 2.48.